The van der Waals surface area contributed by atoms with E-state index < -0.39 is 17.5 Å². The molecular formula is C20H21F3N4O2. The van der Waals surface area contributed by atoms with Crippen molar-refractivity contribution in [2.75, 3.05) is 49.9 Å². The molecule has 0 unspecified atom stereocenters. The van der Waals surface area contributed by atoms with Crippen LogP contribution < -0.4 is 10.6 Å². The Labute approximate surface area is 166 Å². The van der Waals surface area contributed by atoms with Crippen molar-refractivity contribution >= 4 is 23.2 Å². The Hall–Kier alpha value is -2.91. The monoisotopic (exact) mass is 406 g/mol. The van der Waals surface area contributed by atoms with Gasteiger partial charge in [-0.3, -0.25) is 19.4 Å². The van der Waals surface area contributed by atoms with Crippen LogP contribution in [0.5, 0.6) is 0 Å². The van der Waals surface area contributed by atoms with E-state index in [2.05, 4.69) is 10.6 Å². The van der Waals surface area contributed by atoms with Gasteiger partial charge in [0.1, 0.15) is 17.5 Å². The van der Waals surface area contributed by atoms with Gasteiger partial charge in [-0.05, 0) is 36.4 Å². The maximum absolute atomic E-state index is 13.6. The van der Waals surface area contributed by atoms with Crippen LogP contribution in [-0.4, -0.2) is 60.9 Å². The first-order valence-electron chi connectivity index (χ1n) is 9.14. The Kier molecular flexibility index (Phi) is 6.84. The van der Waals surface area contributed by atoms with Crippen molar-refractivity contribution in [2.45, 2.75) is 0 Å². The van der Waals surface area contributed by atoms with Gasteiger partial charge in [-0.2, -0.15) is 0 Å². The summed E-state index contributed by atoms with van der Waals surface area (Å²) in [6.45, 7) is 2.60. The maximum atomic E-state index is 13.6. The Bertz CT molecular complexity index is 869. The number of amides is 2. The predicted octanol–water partition coefficient (Wildman–Crippen LogP) is 2.30. The van der Waals surface area contributed by atoms with Crippen molar-refractivity contribution in [3.63, 3.8) is 0 Å². The SMILES string of the molecule is O=C(CN1CCN(CC(=O)Nc2ccc(F)cc2F)CC1)Nc1ccc(F)cc1. The number of benzene rings is 2. The lowest BCUT2D eigenvalue weighted by Gasteiger charge is -2.33. The molecule has 0 aromatic heterocycles. The van der Waals surface area contributed by atoms with Gasteiger partial charge in [-0.15, -0.1) is 0 Å². The van der Waals surface area contributed by atoms with Crippen LogP contribution in [-0.2, 0) is 9.59 Å². The van der Waals surface area contributed by atoms with E-state index in [1.54, 1.807) is 0 Å². The molecule has 0 bridgehead atoms. The van der Waals surface area contributed by atoms with Crippen LogP contribution in [0.1, 0.15) is 0 Å². The van der Waals surface area contributed by atoms with Crippen LogP contribution in [0.15, 0.2) is 42.5 Å². The average molecular weight is 406 g/mol. The lowest BCUT2D eigenvalue weighted by molar-refractivity contribution is -0.120. The van der Waals surface area contributed by atoms with Crippen LogP contribution in [0, 0.1) is 17.5 Å². The Morgan fingerprint density at radius 2 is 1.28 bits per heavy atom. The third-order valence-electron chi connectivity index (χ3n) is 4.53. The minimum atomic E-state index is -0.824. The van der Waals surface area contributed by atoms with Gasteiger partial charge in [0.15, 0.2) is 0 Å². The summed E-state index contributed by atoms with van der Waals surface area (Å²) in [4.78, 5) is 28.0. The highest BCUT2D eigenvalue weighted by Gasteiger charge is 2.21. The lowest BCUT2D eigenvalue weighted by Crippen LogP contribution is -2.50. The first kappa shape index (κ1) is 20.8. The minimum absolute atomic E-state index is 0.0625. The van der Waals surface area contributed by atoms with E-state index in [9.17, 15) is 22.8 Å². The molecule has 3 rings (SSSR count). The second-order valence-corrected chi connectivity index (χ2v) is 6.78. The van der Waals surface area contributed by atoms with Gasteiger partial charge in [0.05, 0.1) is 18.8 Å². The molecule has 0 aliphatic carbocycles. The zero-order valence-corrected chi connectivity index (χ0v) is 15.6. The summed E-state index contributed by atoms with van der Waals surface area (Å²) in [5, 5.41) is 5.14. The molecule has 0 spiro atoms. The number of rotatable bonds is 6. The molecule has 9 heteroatoms. The van der Waals surface area contributed by atoms with E-state index in [0.29, 0.717) is 37.9 Å². The molecule has 2 amide bonds. The molecule has 6 nitrogen and oxygen atoms in total. The number of halogens is 3. The van der Waals surface area contributed by atoms with Crippen LogP contribution in [0.25, 0.3) is 0 Å². The molecule has 0 radical (unpaired) electrons. The van der Waals surface area contributed by atoms with E-state index in [1.165, 1.54) is 30.3 Å². The van der Waals surface area contributed by atoms with Crippen molar-refractivity contribution in [2.24, 2.45) is 0 Å². The smallest absolute Gasteiger partial charge is 0.238 e. The van der Waals surface area contributed by atoms with E-state index in [4.69, 9.17) is 0 Å². The van der Waals surface area contributed by atoms with Crippen LogP contribution >= 0.6 is 0 Å². The summed E-state index contributed by atoms with van der Waals surface area (Å²) >= 11 is 0. The maximum Gasteiger partial charge on any atom is 0.238 e. The summed E-state index contributed by atoms with van der Waals surface area (Å²) in [7, 11) is 0. The fraction of sp³-hybridized carbons (Fsp3) is 0.300. The van der Waals surface area contributed by atoms with Crippen LogP contribution in [0.4, 0.5) is 24.5 Å². The zero-order valence-electron chi connectivity index (χ0n) is 15.6. The lowest BCUT2D eigenvalue weighted by atomic mass is 10.2. The second kappa shape index (κ2) is 9.53. The third-order valence-corrected chi connectivity index (χ3v) is 4.53. The second-order valence-electron chi connectivity index (χ2n) is 6.78. The number of hydrogen-bond donors (Lipinski definition) is 2. The zero-order chi connectivity index (χ0) is 20.8. The molecule has 1 aliphatic rings. The highest BCUT2D eigenvalue weighted by Crippen LogP contribution is 2.15. The molecule has 1 heterocycles. The van der Waals surface area contributed by atoms with E-state index >= 15 is 0 Å². The number of anilines is 2. The molecule has 2 aromatic carbocycles. The summed E-state index contributed by atoms with van der Waals surface area (Å²) in [6, 6.07) is 8.51. The van der Waals surface area contributed by atoms with Gasteiger partial charge < -0.3 is 10.6 Å². The van der Waals surface area contributed by atoms with Gasteiger partial charge in [-0.25, -0.2) is 13.2 Å². The summed E-state index contributed by atoms with van der Waals surface area (Å²) in [5.74, 6) is -2.49. The minimum Gasteiger partial charge on any atom is -0.325 e. The van der Waals surface area contributed by atoms with Gasteiger partial charge in [0.25, 0.3) is 0 Å². The molecule has 1 saturated heterocycles. The van der Waals surface area contributed by atoms with Gasteiger partial charge in [-0.1, -0.05) is 0 Å². The Morgan fingerprint density at radius 3 is 1.83 bits per heavy atom. The van der Waals surface area contributed by atoms with Crippen molar-refractivity contribution in [3.05, 3.63) is 59.9 Å². The standard InChI is InChI=1S/C20H21F3N4O2/c21-14-1-4-16(5-2-14)24-19(28)12-26-7-9-27(10-8-26)13-20(29)25-18-6-3-15(22)11-17(18)23/h1-6,11H,7-10,12-13H2,(H,24,28)(H,25,29). The predicted molar refractivity (Wildman–Crippen MR) is 103 cm³/mol. The number of hydrogen-bond acceptors (Lipinski definition) is 4. The first-order chi connectivity index (χ1) is 13.9. The average Bonchev–Trinajstić information content (AvgIpc) is 2.67. The van der Waals surface area contributed by atoms with Gasteiger partial charge in [0.2, 0.25) is 11.8 Å². The van der Waals surface area contributed by atoms with Crippen molar-refractivity contribution in [1.29, 1.82) is 0 Å². The van der Waals surface area contributed by atoms with E-state index in [1.807, 2.05) is 9.80 Å². The first-order valence-corrected chi connectivity index (χ1v) is 9.14. The van der Waals surface area contributed by atoms with Crippen molar-refractivity contribution < 1.29 is 22.8 Å². The van der Waals surface area contributed by atoms with Crippen LogP contribution in [0.2, 0.25) is 0 Å². The van der Waals surface area contributed by atoms with Gasteiger partial charge in [0, 0.05) is 37.9 Å². The van der Waals surface area contributed by atoms with Crippen molar-refractivity contribution in [1.82, 2.24) is 9.80 Å². The van der Waals surface area contributed by atoms with Crippen LogP contribution in [0.3, 0.4) is 0 Å². The number of piperazine rings is 1. The molecule has 1 aliphatic heterocycles. The normalized spacial score (nSPS) is 15.1. The molecule has 2 N–H and O–H groups in total. The highest BCUT2D eigenvalue weighted by atomic mass is 19.1. The number of nitrogens with one attached hydrogen (secondary N) is 2. The molecule has 0 atom stereocenters. The number of carbonyl (C=O) groups is 2. The quantitative estimate of drug-likeness (QED) is 0.773. The topological polar surface area (TPSA) is 64.7 Å². The molecule has 2 aromatic rings. The highest BCUT2D eigenvalue weighted by molar-refractivity contribution is 5.93. The number of nitrogens with zero attached hydrogens (tertiary/aromatic N) is 2. The Morgan fingerprint density at radius 1 is 0.759 bits per heavy atom. The molecule has 1 fully saturated rings. The molecular weight excluding hydrogens is 385 g/mol. The number of carbonyl (C=O) groups excluding carboxylic acids is 2. The molecule has 154 valence electrons. The van der Waals surface area contributed by atoms with E-state index in [0.717, 1.165) is 6.07 Å². The third kappa shape index (κ3) is 6.30. The Balaban J connectivity index is 1.40. The summed E-state index contributed by atoms with van der Waals surface area (Å²) in [6.07, 6.45) is 0. The molecule has 29 heavy (non-hydrogen) atoms. The largest absolute Gasteiger partial charge is 0.325 e. The van der Waals surface area contributed by atoms with Gasteiger partial charge >= 0.3 is 0 Å². The summed E-state index contributed by atoms with van der Waals surface area (Å²) in [5.41, 5.74) is 0.465. The summed E-state index contributed by atoms with van der Waals surface area (Å²) < 4.78 is 39.4. The molecule has 0 saturated carbocycles. The fourth-order valence-corrected chi connectivity index (χ4v) is 3.03. The van der Waals surface area contributed by atoms with E-state index in [-0.39, 0.29) is 30.5 Å². The van der Waals surface area contributed by atoms with Crippen molar-refractivity contribution in [3.8, 4) is 0 Å². The fourth-order valence-electron chi connectivity index (χ4n) is 3.03.